The molecule has 104 valence electrons. The summed E-state index contributed by atoms with van der Waals surface area (Å²) in [5.74, 6) is -0.943. The third-order valence-electron chi connectivity index (χ3n) is 3.25. The predicted molar refractivity (Wildman–Crippen MR) is 78.2 cm³/mol. The van der Waals surface area contributed by atoms with Crippen LogP contribution in [0.15, 0.2) is 42.6 Å². The van der Waals surface area contributed by atoms with Gasteiger partial charge in [-0.1, -0.05) is 6.07 Å². The fourth-order valence-corrected chi connectivity index (χ4v) is 2.22. The van der Waals surface area contributed by atoms with Crippen molar-refractivity contribution in [3.8, 4) is 11.3 Å². The van der Waals surface area contributed by atoms with Crippen molar-refractivity contribution in [3.63, 3.8) is 0 Å². The molecule has 0 aliphatic carbocycles. The van der Waals surface area contributed by atoms with E-state index in [1.165, 1.54) is 6.07 Å². The van der Waals surface area contributed by atoms with Crippen molar-refractivity contribution in [2.45, 2.75) is 6.92 Å². The molecule has 4 nitrogen and oxygen atoms in total. The highest BCUT2D eigenvalue weighted by molar-refractivity contribution is 5.99. The molecule has 0 radical (unpaired) electrons. The number of benzene rings is 1. The van der Waals surface area contributed by atoms with Gasteiger partial charge in [0.2, 0.25) is 0 Å². The van der Waals surface area contributed by atoms with Crippen molar-refractivity contribution in [2.75, 3.05) is 0 Å². The average Bonchev–Trinajstić information content (AvgIpc) is 2.47. The fourth-order valence-electron chi connectivity index (χ4n) is 2.22. The van der Waals surface area contributed by atoms with Crippen LogP contribution in [0.4, 0.5) is 4.39 Å². The number of fused-ring (bicyclic) bond motifs is 1. The number of hydrogen-bond donors (Lipinski definition) is 1. The molecule has 2 heterocycles. The molecule has 2 aromatic heterocycles. The minimum atomic E-state index is -0.578. The number of primary amides is 1. The number of nitrogens with zero attached hydrogens (tertiary/aromatic N) is 2. The number of pyridine rings is 2. The van der Waals surface area contributed by atoms with Gasteiger partial charge in [-0.3, -0.25) is 14.8 Å². The quantitative estimate of drug-likeness (QED) is 0.785. The van der Waals surface area contributed by atoms with Gasteiger partial charge >= 0.3 is 0 Å². The van der Waals surface area contributed by atoms with Gasteiger partial charge in [-0.15, -0.1) is 0 Å². The Balaban J connectivity index is 2.28. The van der Waals surface area contributed by atoms with Crippen molar-refractivity contribution >= 4 is 16.8 Å². The van der Waals surface area contributed by atoms with E-state index in [9.17, 15) is 9.18 Å². The van der Waals surface area contributed by atoms with Crippen LogP contribution in [0.2, 0.25) is 0 Å². The molecule has 0 unspecified atom stereocenters. The average molecular weight is 281 g/mol. The fraction of sp³-hybridized carbons (Fsp3) is 0.0625. The van der Waals surface area contributed by atoms with Crippen LogP contribution in [0, 0.1) is 12.7 Å². The molecule has 1 aromatic carbocycles. The van der Waals surface area contributed by atoms with Gasteiger partial charge in [0.25, 0.3) is 5.91 Å². The molecule has 3 rings (SSSR count). The lowest BCUT2D eigenvalue weighted by Crippen LogP contribution is -2.13. The molecular weight excluding hydrogens is 269 g/mol. The molecule has 3 aromatic rings. The number of halogens is 1. The minimum Gasteiger partial charge on any atom is -0.366 e. The Morgan fingerprint density at radius 2 is 2.05 bits per heavy atom. The van der Waals surface area contributed by atoms with Crippen LogP contribution in [-0.4, -0.2) is 15.9 Å². The summed E-state index contributed by atoms with van der Waals surface area (Å²) in [5, 5.41) is 0.383. The molecule has 0 spiro atoms. The standard InChI is InChI=1S/C16H12FN3O/c1-9-5-6-11(16(18)21)15(20-9)10-7-12-13(17)3-2-4-14(12)19-8-10/h2-8H,1H3,(H2,18,21). The highest BCUT2D eigenvalue weighted by Gasteiger charge is 2.13. The molecule has 0 saturated heterocycles. The van der Waals surface area contributed by atoms with Gasteiger partial charge in [0.05, 0.1) is 16.8 Å². The van der Waals surface area contributed by atoms with Crippen LogP contribution in [0.5, 0.6) is 0 Å². The normalized spacial score (nSPS) is 10.8. The summed E-state index contributed by atoms with van der Waals surface area (Å²) in [6.07, 6.45) is 1.57. The van der Waals surface area contributed by atoms with Crippen molar-refractivity contribution in [1.29, 1.82) is 0 Å². The van der Waals surface area contributed by atoms with Gasteiger partial charge in [-0.2, -0.15) is 0 Å². The number of amides is 1. The molecule has 21 heavy (non-hydrogen) atoms. The van der Waals surface area contributed by atoms with Crippen LogP contribution < -0.4 is 5.73 Å². The Hall–Kier alpha value is -2.82. The molecular formula is C16H12FN3O. The number of nitrogens with two attached hydrogens (primary N) is 1. The van der Waals surface area contributed by atoms with E-state index in [2.05, 4.69) is 9.97 Å². The van der Waals surface area contributed by atoms with Gasteiger partial charge < -0.3 is 5.73 Å². The molecule has 2 N–H and O–H groups in total. The van der Waals surface area contributed by atoms with Crippen molar-refractivity contribution in [2.24, 2.45) is 5.73 Å². The Kier molecular flexibility index (Phi) is 3.10. The molecule has 0 aliphatic rings. The van der Waals surface area contributed by atoms with Gasteiger partial charge in [0.15, 0.2) is 0 Å². The third-order valence-corrected chi connectivity index (χ3v) is 3.25. The summed E-state index contributed by atoms with van der Waals surface area (Å²) in [7, 11) is 0. The SMILES string of the molecule is Cc1ccc(C(N)=O)c(-c2cnc3cccc(F)c3c2)n1. The Labute approximate surface area is 120 Å². The predicted octanol–water partition coefficient (Wildman–Crippen LogP) is 2.84. The number of carbonyl (C=O) groups excluding carboxylic acids is 1. The number of aryl methyl sites for hydroxylation is 1. The molecule has 0 saturated carbocycles. The van der Waals surface area contributed by atoms with E-state index < -0.39 is 5.91 Å². The van der Waals surface area contributed by atoms with Crippen LogP contribution in [0.25, 0.3) is 22.2 Å². The van der Waals surface area contributed by atoms with E-state index in [0.717, 1.165) is 5.69 Å². The first kappa shape index (κ1) is 13.2. The number of hydrogen-bond acceptors (Lipinski definition) is 3. The Bertz CT molecular complexity index is 861. The second-order valence-corrected chi connectivity index (χ2v) is 4.74. The molecule has 0 fully saturated rings. The summed E-state index contributed by atoms with van der Waals surface area (Å²) in [4.78, 5) is 20.1. The van der Waals surface area contributed by atoms with E-state index in [1.54, 1.807) is 36.5 Å². The van der Waals surface area contributed by atoms with Crippen molar-refractivity contribution < 1.29 is 9.18 Å². The second-order valence-electron chi connectivity index (χ2n) is 4.74. The molecule has 1 amide bonds. The van der Waals surface area contributed by atoms with E-state index >= 15 is 0 Å². The van der Waals surface area contributed by atoms with E-state index in [0.29, 0.717) is 22.2 Å². The first-order valence-electron chi connectivity index (χ1n) is 6.38. The second kappa shape index (κ2) is 4.94. The third kappa shape index (κ3) is 2.33. The topological polar surface area (TPSA) is 68.9 Å². The first-order valence-corrected chi connectivity index (χ1v) is 6.38. The van der Waals surface area contributed by atoms with Gasteiger partial charge in [-0.25, -0.2) is 4.39 Å². The van der Waals surface area contributed by atoms with Gasteiger partial charge in [0, 0.05) is 22.8 Å². The molecule has 5 heteroatoms. The highest BCUT2D eigenvalue weighted by Crippen LogP contribution is 2.25. The Morgan fingerprint density at radius 1 is 1.24 bits per heavy atom. The monoisotopic (exact) mass is 281 g/mol. The Morgan fingerprint density at radius 3 is 2.81 bits per heavy atom. The smallest absolute Gasteiger partial charge is 0.250 e. The maximum atomic E-state index is 13.9. The lowest BCUT2D eigenvalue weighted by Gasteiger charge is -2.08. The maximum absolute atomic E-state index is 13.9. The molecule has 0 aliphatic heterocycles. The minimum absolute atomic E-state index is 0.290. The number of aromatic nitrogens is 2. The highest BCUT2D eigenvalue weighted by atomic mass is 19.1. The number of carbonyl (C=O) groups is 1. The van der Waals surface area contributed by atoms with Crippen molar-refractivity contribution in [1.82, 2.24) is 9.97 Å². The summed E-state index contributed by atoms with van der Waals surface area (Å²) in [6, 6.07) is 9.65. The lowest BCUT2D eigenvalue weighted by atomic mass is 10.0. The molecule has 0 bridgehead atoms. The zero-order valence-corrected chi connectivity index (χ0v) is 11.3. The number of rotatable bonds is 2. The first-order chi connectivity index (χ1) is 10.1. The summed E-state index contributed by atoms with van der Waals surface area (Å²) in [5.41, 5.74) is 7.93. The van der Waals surface area contributed by atoms with E-state index in [-0.39, 0.29) is 11.4 Å². The van der Waals surface area contributed by atoms with Gasteiger partial charge in [0.1, 0.15) is 5.82 Å². The summed E-state index contributed by atoms with van der Waals surface area (Å²) >= 11 is 0. The van der Waals surface area contributed by atoms with E-state index in [1.807, 2.05) is 6.92 Å². The maximum Gasteiger partial charge on any atom is 0.250 e. The zero-order valence-electron chi connectivity index (χ0n) is 11.3. The van der Waals surface area contributed by atoms with E-state index in [4.69, 9.17) is 5.73 Å². The van der Waals surface area contributed by atoms with Crippen LogP contribution in [0.3, 0.4) is 0 Å². The van der Waals surface area contributed by atoms with Crippen LogP contribution >= 0.6 is 0 Å². The van der Waals surface area contributed by atoms with Crippen LogP contribution in [0.1, 0.15) is 16.1 Å². The molecule has 0 atom stereocenters. The largest absolute Gasteiger partial charge is 0.366 e. The van der Waals surface area contributed by atoms with Crippen LogP contribution in [-0.2, 0) is 0 Å². The lowest BCUT2D eigenvalue weighted by molar-refractivity contribution is 0.100. The summed E-state index contributed by atoms with van der Waals surface area (Å²) in [6.45, 7) is 1.81. The van der Waals surface area contributed by atoms with Gasteiger partial charge in [-0.05, 0) is 37.3 Å². The summed E-state index contributed by atoms with van der Waals surface area (Å²) < 4.78 is 13.9. The van der Waals surface area contributed by atoms with Crippen molar-refractivity contribution in [3.05, 3.63) is 59.7 Å². The zero-order chi connectivity index (χ0) is 15.0.